The molecule has 6 nitrogen and oxygen atoms in total. The number of nitrogens with zero attached hydrogens (tertiary/aromatic N) is 2. The summed E-state index contributed by atoms with van der Waals surface area (Å²) in [7, 11) is 1.85. The number of aromatic nitrogens is 1. The fraction of sp³-hybridized carbons (Fsp3) is 0.400. The molecule has 6 heteroatoms. The topological polar surface area (TPSA) is 75.4 Å². The van der Waals surface area contributed by atoms with Gasteiger partial charge in [0.05, 0.1) is 0 Å². The second kappa shape index (κ2) is 9.33. The number of oxazole rings is 1. The van der Waals surface area contributed by atoms with Crippen molar-refractivity contribution in [2.24, 2.45) is 0 Å². The summed E-state index contributed by atoms with van der Waals surface area (Å²) < 4.78 is 5.81. The van der Waals surface area contributed by atoms with Gasteiger partial charge in [0, 0.05) is 36.7 Å². The molecule has 0 radical (unpaired) electrons. The van der Waals surface area contributed by atoms with E-state index in [1.165, 1.54) is 0 Å². The van der Waals surface area contributed by atoms with E-state index in [9.17, 15) is 9.59 Å². The Bertz CT molecular complexity index is 1020. The minimum atomic E-state index is -0.00734. The van der Waals surface area contributed by atoms with Crippen LogP contribution in [0.15, 0.2) is 52.9 Å². The molecule has 1 fully saturated rings. The summed E-state index contributed by atoms with van der Waals surface area (Å²) in [6.07, 6.45) is 5.14. The molecule has 2 atom stereocenters. The molecule has 0 saturated heterocycles. The average Bonchev–Trinajstić information content (AvgIpc) is 3.44. The number of rotatable bonds is 7. The third kappa shape index (κ3) is 4.79. The number of hydrogen-bond acceptors (Lipinski definition) is 4. The molecule has 1 heterocycles. The summed E-state index contributed by atoms with van der Waals surface area (Å²) in [6.45, 7) is 2.08. The average molecular weight is 420 g/mol. The highest BCUT2D eigenvalue weighted by Crippen LogP contribution is 2.27. The molecule has 0 bridgehead atoms. The van der Waals surface area contributed by atoms with Gasteiger partial charge in [0.15, 0.2) is 5.58 Å². The van der Waals surface area contributed by atoms with Gasteiger partial charge in [-0.05, 0) is 62.1 Å². The number of carbonyl (C=O) groups excluding carboxylic acids is 2. The van der Waals surface area contributed by atoms with Gasteiger partial charge in [-0.3, -0.25) is 9.59 Å². The Kier molecular flexibility index (Phi) is 6.35. The second-order valence-corrected chi connectivity index (χ2v) is 8.32. The van der Waals surface area contributed by atoms with Gasteiger partial charge in [0.25, 0.3) is 5.91 Å². The van der Waals surface area contributed by atoms with Crippen LogP contribution in [0, 0.1) is 0 Å². The SMILES string of the molecule is CCCCC(=O)N[C@H]1CC[C@@H](N(C)C(=O)c2ccc(-c3nc4ccccc4o3)cc2)C1. The van der Waals surface area contributed by atoms with E-state index in [2.05, 4.69) is 17.2 Å². The van der Waals surface area contributed by atoms with Gasteiger partial charge in [0.1, 0.15) is 5.52 Å². The Balaban J connectivity index is 1.37. The van der Waals surface area contributed by atoms with Gasteiger partial charge >= 0.3 is 0 Å². The maximum absolute atomic E-state index is 13.0. The van der Waals surface area contributed by atoms with Crippen LogP contribution in [0.2, 0.25) is 0 Å². The zero-order valence-electron chi connectivity index (χ0n) is 18.1. The van der Waals surface area contributed by atoms with Gasteiger partial charge in [-0.1, -0.05) is 25.5 Å². The Morgan fingerprint density at radius 3 is 2.65 bits per heavy atom. The fourth-order valence-electron chi connectivity index (χ4n) is 4.20. The van der Waals surface area contributed by atoms with E-state index in [0.717, 1.165) is 48.8 Å². The first-order valence-electron chi connectivity index (χ1n) is 11.1. The molecule has 1 aromatic heterocycles. The first-order chi connectivity index (χ1) is 15.0. The molecule has 162 valence electrons. The van der Waals surface area contributed by atoms with Crippen molar-refractivity contribution < 1.29 is 14.0 Å². The van der Waals surface area contributed by atoms with E-state index in [-0.39, 0.29) is 23.9 Å². The predicted octanol–water partition coefficient (Wildman–Crippen LogP) is 4.79. The smallest absolute Gasteiger partial charge is 0.253 e. The fourth-order valence-corrected chi connectivity index (χ4v) is 4.20. The van der Waals surface area contributed by atoms with Crippen molar-refractivity contribution in [3.63, 3.8) is 0 Å². The summed E-state index contributed by atoms with van der Waals surface area (Å²) in [5.74, 6) is 0.661. The van der Waals surface area contributed by atoms with Gasteiger partial charge in [-0.2, -0.15) is 0 Å². The Morgan fingerprint density at radius 1 is 1.13 bits per heavy atom. The zero-order chi connectivity index (χ0) is 21.8. The molecule has 1 N–H and O–H groups in total. The Hall–Kier alpha value is -3.15. The minimum Gasteiger partial charge on any atom is -0.436 e. The van der Waals surface area contributed by atoms with Gasteiger partial charge in [0.2, 0.25) is 11.8 Å². The van der Waals surface area contributed by atoms with Crippen molar-refractivity contribution in [2.45, 2.75) is 57.5 Å². The number of fused-ring (bicyclic) bond motifs is 1. The van der Waals surface area contributed by atoms with Crippen LogP contribution < -0.4 is 5.32 Å². The highest BCUT2D eigenvalue weighted by molar-refractivity contribution is 5.94. The number of amides is 2. The molecular weight excluding hydrogens is 390 g/mol. The van der Waals surface area contributed by atoms with Crippen molar-refractivity contribution in [3.05, 3.63) is 54.1 Å². The summed E-state index contributed by atoms with van der Waals surface area (Å²) in [6, 6.07) is 15.3. The summed E-state index contributed by atoms with van der Waals surface area (Å²) in [5.41, 5.74) is 3.04. The predicted molar refractivity (Wildman–Crippen MR) is 121 cm³/mol. The number of carbonyl (C=O) groups is 2. The van der Waals surface area contributed by atoms with E-state index in [0.29, 0.717) is 17.9 Å². The quantitative estimate of drug-likeness (QED) is 0.597. The van der Waals surface area contributed by atoms with Crippen molar-refractivity contribution in [3.8, 4) is 11.5 Å². The normalized spacial score (nSPS) is 18.3. The number of hydrogen-bond donors (Lipinski definition) is 1. The third-order valence-electron chi connectivity index (χ3n) is 6.07. The van der Waals surface area contributed by atoms with Crippen LogP contribution in [0.25, 0.3) is 22.6 Å². The van der Waals surface area contributed by atoms with Gasteiger partial charge in [-0.25, -0.2) is 4.98 Å². The molecule has 2 amide bonds. The molecule has 1 saturated carbocycles. The first kappa shape index (κ1) is 21.1. The highest BCUT2D eigenvalue weighted by Gasteiger charge is 2.31. The Morgan fingerprint density at radius 2 is 1.90 bits per heavy atom. The van der Waals surface area contributed by atoms with E-state index in [1.54, 1.807) is 0 Å². The summed E-state index contributed by atoms with van der Waals surface area (Å²) in [5, 5.41) is 3.12. The molecule has 0 spiro atoms. The van der Waals surface area contributed by atoms with Gasteiger partial charge < -0.3 is 14.6 Å². The molecule has 0 aliphatic heterocycles. The summed E-state index contributed by atoms with van der Waals surface area (Å²) in [4.78, 5) is 31.3. The molecule has 1 aliphatic carbocycles. The molecule has 1 aliphatic rings. The third-order valence-corrected chi connectivity index (χ3v) is 6.07. The van der Waals surface area contributed by atoms with E-state index in [4.69, 9.17) is 4.42 Å². The summed E-state index contributed by atoms with van der Waals surface area (Å²) >= 11 is 0. The number of unbranched alkanes of at least 4 members (excludes halogenated alkanes) is 1. The lowest BCUT2D eigenvalue weighted by molar-refractivity contribution is -0.121. The molecule has 2 aromatic carbocycles. The lowest BCUT2D eigenvalue weighted by Gasteiger charge is -2.25. The van der Waals surface area contributed by atoms with Crippen LogP contribution >= 0.6 is 0 Å². The molecule has 0 unspecified atom stereocenters. The van der Waals surface area contributed by atoms with Crippen molar-refractivity contribution in [1.82, 2.24) is 15.2 Å². The number of benzene rings is 2. The highest BCUT2D eigenvalue weighted by atomic mass is 16.3. The first-order valence-corrected chi connectivity index (χ1v) is 11.1. The number of para-hydroxylation sites is 2. The largest absolute Gasteiger partial charge is 0.436 e. The van der Waals surface area contributed by atoms with Crippen LogP contribution in [-0.4, -0.2) is 40.8 Å². The Labute approximate surface area is 182 Å². The van der Waals surface area contributed by atoms with Crippen LogP contribution in [0.5, 0.6) is 0 Å². The van der Waals surface area contributed by atoms with Gasteiger partial charge in [-0.15, -0.1) is 0 Å². The second-order valence-electron chi connectivity index (χ2n) is 8.32. The maximum Gasteiger partial charge on any atom is 0.253 e. The molecular formula is C25H29N3O3. The zero-order valence-corrected chi connectivity index (χ0v) is 18.1. The monoisotopic (exact) mass is 419 g/mol. The number of nitrogens with one attached hydrogen (secondary N) is 1. The van der Waals surface area contributed by atoms with Crippen LogP contribution in [-0.2, 0) is 4.79 Å². The van der Waals surface area contributed by atoms with Crippen molar-refractivity contribution in [1.29, 1.82) is 0 Å². The molecule has 31 heavy (non-hydrogen) atoms. The van der Waals surface area contributed by atoms with Crippen molar-refractivity contribution >= 4 is 22.9 Å². The lowest BCUT2D eigenvalue weighted by atomic mass is 10.1. The lowest BCUT2D eigenvalue weighted by Crippen LogP contribution is -2.38. The van der Waals surface area contributed by atoms with Crippen molar-refractivity contribution in [2.75, 3.05) is 7.05 Å². The van der Waals surface area contributed by atoms with Crippen LogP contribution in [0.4, 0.5) is 0 Å². The molecule has 4 rings (SSSR count). The van der Waals surface area contributed by atoms with Crippen LogP contribution in [0.3, 0.4) is 0 Å². The standard InChI is InChI=1S/C25H29N3O3/c1-3-4-9-23(29)26-19-14-15-20(16-19)28(2)25(30)18-12-10-17(11-13-18)24-27-21-7-5-6-8-22(21)31-24/h5-8,10-13,19-20H,3-4,9,14-16H2,1-2H3,(H,26,29)/t19-,20+/m0/s1. The maximum atomic E-state index is 13.0. The van der Waals surface area contributed by atoms with Crippen LogP contribution in [0.1, 0.15) is 55.8 Å². The van der Waals surface area contributed by atoms with E-state index in [1.807, 2.05) is 60.5 Å². The molecule has 3 aromatic rings. The van der Waals surface area contributed by atoms with E-state index >= 15 is 0 Å². The van der Waals surface area contributed by atoms with E-state index < -0.39 is 0 Å². The minimum absolute atomic E-state index is 0.00734.